The third-order valence-electron chi connectivity index (χ3n) is 4.41. The Morgan fingerprint density at radius 1 is 1.04 bits per heavy atom. The number of amides is 2. The van der Waals surface area contributed by atoms with Gasteiger partial charge in [0.25, 0.3) is 11.1 Å². The molecule has 0 saturated carbocycles. The van der Waals surface area contributed by atoms with Gasteiger partial charge in [-0.15, -0.1) is 0 Å². The Balaban J connectivity index is 1.60. The molecule has 0 unspecified atom stereocenters. The molecule has 1 aliphatic heterocycles. The molecule has 1 aliphatic rings. The van der Waals surface area contributed by atoms with E-state index in [2.05, 4.69) is 0 Å². The molecule has 136 valence electrons. The lowest BCUT2D eigenvalue weighted by Gasteiger charge is -2.14. The van der Waals surface area contributed by atoms with Crippen molar-refractivity contribution in [2.45, 2.75) is 6.54 Å². The quantitative estimate of drug-likeness (QED) is 0.614. The molecule has 0 spiro atoms. The lowest BCUT2D eigenvalue weighted by molar-refractivity contribution is -0.123. The van der Waals surface area contributed by atoms with Crippen molar-refractivity contribution >= 4 is 45.6 Å². The molecule has 2 amide bonds. The molecule has 1 fully saturated rings. The zero-order chi connectivity index (χ0) is 19.0. The maximum absolute atomic E-state index is 12.8. The van der Waals surface area contributed by atoms with Crippen LogP contribution in [-0.4, -0.2) is 30.1 Å². The molecule has 5 nitrogen and oxygen atoms in total. The second kappa shape index (κ2) is 6.96. The summed E-state index contributed by atoms with van der Waals surface area (Å²) in [6.45, 7) is 0.254. The predicted octanol–water partition coefficient (Wildman–Crippen LogP) is 4.74. The number of anilines is 1. The predicted molar refractivity (Wildman–Crippen MR) is 108 cm³/mol. The summed E-state index contributed by atoms with van der Waals surface area (Å²) in [5.41, 5.74) is 0.949. The van der Waals surface area contributed by atoms with Gasteiger partial charge in [-0.3, -0.25) is 14.5 Å². The molecule has 2 aromatic carbocycles. The van der Waals surface area contributed by atoms with Crippen LogP contribution in [0.15, 0.2) is 63.9 Å². The van der Waals surface area contributed by atoms with E-state index in [4.69, 9.17) is 4.42 Å². The number of imide groups is 1. The van der Waals surface area contributed by atoms with Crippen molar-refractivity contribution < 1.29 is 14.0 Å². The molecule has 1 saturated heterocycles. The third kappa shape index (κ3) is 3.36. The van der Waals surface area contributed by atoms with Crippen molar-refractivity contribution in [1.82, 2.24) is 4.90 Å². The van der Waals surface area contributed by atoms with E-state index in [1.807, 2.05) is 67.5 Å². The number of nitrogens with zero attached hydrogens (tertiary/aromatic N) is 2. The van der Waals surface area contributed by atoms with E-state index in [1.54, 1.807) is 12.1 Å². The topological polar surface area (TPSA) is 53.8 Å². The molecule has 1 aromatic heterocycles. The van der Waals surface area contributed by atoms with Crippen molar-refractivity contribution in [3.05, 3.63) is 70.8 Å². The summed E-state index contributed by atoms with van der Waals surface area (Å²) in [5.74, 6) is 0.950. The van der Waals surface area contributed by atoms with Gasteiger partial charge in [0.1, 0.15) is 5.76 Å². The zero-order valence-corrected chi connectivity index (χ0v) is 15.8. The molecule has 27 heavy (non-hydrogen) atoms. The minimum atomic E-state index is -0.291. The average molecular weight is 378 g/mol. The number of benzene rings is 2. The maximum atomic E-state index is 12.8. The zero-order valence-electron chi connectivity index (χ0n) is 15.0. The summed E-state index contributed by atoms with van der Waals surface area (Å²) in [6.07, 6.45) is 1.63. The number of fused-ring (bicyclic) bond motifs is 1. The normalized spacial score (nSPS) is 15.9. The van der Waals surface area contributed by atoms with Crippen LogP contribution in [-0.2, 0) is 11.3 Å². The first kappa shape index (κ1) is 17.4. The first-order chi connectivity index (χ1) is 13.0. The van der Waals surface area contributed by atoms with E-state index in [1.165, 1.54) is 4.90 Å². The fourth-order valence-electron chi connectivity index (χ4n) is 3.03. The van der Waals surface area contributed by atoms with Gasteiger partial charge in [-0.25, -0.2) is 0 Å². The van der Waals surface area contributed by atoms with Gasteiger partial charge in [0.2, 0.25) is 0 Å². The summed E-state index contributed by atoms with van der Waals surface area (Å²) in [5, 5.41) is 1.87. The average Bonchev–Trinajstić information content (AvgIpc) is 3.23. The SMILES string of the molecule is CN(C)c1ccc(/C=C2\SC(=O)N(Cc3cccc4ccccc34)C2=O)o1. The number of hydrogen-bond donors (Lipinski definition) is 0. The minimum absolute atomic E-state index is 0.254. The van der Waals surface area contributed by atoms with Gasteiger partial charge < -0.3 is 9.32 Å². The molecule has 4 rings (SSSR count). The monoisotopic (exact) mass is 378 g/mol. The van der Waals surface area contributed by atoms with Crippen LogP contribution >= 0.6 is 11.8 Å². The fourth-order valence-corrected chi connectivity index (χ4v) is 3.84. The number of hydrogen-bond acceptors (Lipinski definition) is 5. The molecule has 0 N–H and O–H groups in total. The molecule has 2 heterocycles. The van der Waals surface area contributed by atoms with E-state index >= 15 is 0 Å². The minimum Gasteiger partial charge on any atom is -0.441 e. The van der Waals surface area contributed by atoms with Crippen LogP contribution in [0.5, 0.6) is 0 Å². The Bertz CT molecular complexity index is 1060. The number of carbonyl (C=O) groups excluding carboxylic acids is 2. The van der Waals surface area contributed by atoms with Gasteiger partial charge in [0.15, 0.2) is 5.88 Å². The summed E-state index contributed by atoms with van der Waals surface area (Å²) in [4.78, 5) is 28.7. The fraction of sp³-hybridized carbons (Fsp3) is 0.143. The molecule has 0 radical (unpaired) electrons. The largest absolute Gasteiger partial charge is 0.441 e. The second-order valence-corrected chi connectivity index (χ2v) is 7.47. The second-order valence-electron chi connectivity index (χ2n) is 6.48. The maximum Gasteiger partial charge on any atom is 0.293 e. The van der Waals surface area contributed by atoms with Crippen molar-refractivity contribution in [3.8, 4) is 0 Å². The summed E-state index contributed by atoms with van der Waals surface area (Å²) in [7, 11) is 3.75. The number of rotatable bonds is 4. The number of furan rings is 1. The summed E-state index contributed by atoms with van der Waals surface area (Å²) in [6, 6.07) is 17.5. The van der Waals surface area contributed by atoms with Gasteiger partial charge in [-0.1, -0.05) is 42.5 Å². The molecule has 3 aromatic rings. The van der Waals surface area contributed by atoms with Crippen LogP contribution in [0, 0.1) is 0 Å². The highest BCUT2D eigenvalue weighted by Gasteiger charge is 2.35. The van der Waals surface area contributed by atoms with Gasteiger partial charge in [0.05, 0.1) is 11.4 Å². The standard InChI is InChI=1S/C21H18N2O3S/c1-22(2)19-11-10-16(26-19)12-18-20(24)23(21(25)27-18)13-15-8-5-7-14-6-3-4-9-17(14)15/h3-12H,13H2,1-2H3/b18-12-. The van der Waals surface area contributed by atoms with Crippen molar-refractivity contribution in [2.24, 2.45) is 0 Å². The Morgan fingerprint density at radius 3 is 2.59 bits per heavy atom. The van der Waals surface area contributed by atoms with E-state index in [0.29, 0.717) is 16.5 Å². The highest BCUT2D eigenvalue weighted by molar-refractivity contribution is 8.18. The molecule has 6 heteroatoms. The van der Waals surface area contributed by atoms with Gasteiger partial charge in [0, 0.05) is 26.2 Å². The van der Waals surface area contributed by atoms with E-state index in [-0.39, 0.29) is 17.7 Å². The Kier molecular flexibility index (Phi) is 4.49. The van der Waals surface area contributed by atoms with E-state index in [0.717, 1.165) is 28.1 Å². The molecule has 0 atom stereocenters. The van der Waals surface area contributed by atoms with Crippen molar-refractivity contribution in [2.75, 3.05) is 19.0 Å². The van der Waals surface area contributed by atoms with Gasteiger partial charge in [-0.05, 0) is 34.2 Å². The third-order valence-corrected chi connectivity index (χ3v) is 5.32. The summed E-state index contributed by atoms with van der Waals surface area (Å²) >= 11 is 0.944. The molecule has 0 aliphatic carbocycles. The van der Waals surface area contributed by atoms with Crippen LogP contribution < -0.4 is 4.90 Å². The van der Waals surface area contributed by atoms with Crippen LogP contribution in [0.3, 0.4) is 0 Å². The Hall–Kier alpha value is -2.99. The molecular formula is C21H18N2O3S. The van der Waals surface area contributed by atoms with Gasteiger partial charge >= 0.3 is 0 Å². The van der Waals surface area contributed by atoms with Crippen LogP contribution in [0.25, 0.3) is 16.8 Å². The van der Waals surface area contributed by atoms with Crippen LogP contribution in [0.4, 0.5) is 10.7 Å². The Labute approximate surface area is 161 Å². The molecule has 0 bridgehead atoms. The molecular weight excluding hydrogens is 360 g/mol. The van der Waals surface area contributed by atoms with Crippen LogP contribution in [0.1, 0.15) is 11.3 Å². The summed E-state index contributed by atoms with van der Waals surface area (Å²) < 4.78 is 5.66. The lowest BCUT2D eigenvalue weighted by Crippen LogP contribution is -2.27. The Morgan fingerprint density at radius 2 is 1.81 bits per heavy atom. The van der Waals surface area contributed by atoms with Crippen molar-refractivity contribution in [1.29, 1.82) is 0 Å². The number of carbonyl (C=O) groups is 2. The lowest BCUT2D eigenvalue weighted by atomic mass is 10.0. The van der Waals surface area contributed by atoms with Gasteiger partial charge in [-0.2, -0.15) is 0 Å². The number of thioether (sulfide) groups is 1. The highest BCUT2D eigenvalue weighted by atomic mass is 32.2. The smallest absolute Gasteiger partial charge is 0.293 e. The van der Waals surface area contributed by atoms with E-state index < -0.39 is 0 Å². The first-order valence-corrected chi connectivity index (χ1v) is 9.34. The van der Waals surface area contributed by atoms with Crippen molar-refractivity contribution in [3.63, 3.8) is 0 Å². The highest BCUT2D eigenvalue weighted by Crippen LogP contribution is 2.34. The first-order valence-electron chi connectivity index (χ1n) is 8.52. The van der Waals surface area contributed by atoms with E-state index in [9.17, 15) is 9.59 Å². The van der Waals surface area contributed by atoms with Crippen LogP contribution in [0.2, 0.25) is 0 Å².